The first kappa shape index (κ1) is 17.2. The molecule has 0 radical (unpaired) electrons. The molecule has 0 aliphatic rings. The van der Waals surface area contributed by atoms with Crippen molar-refractivity contribution in [3.8, 4) is 6.07 Å². The molecule has 26 heavy (non-hydrogen) atoms. The van der Waals surface area contributed by atoms with Crippen molar-refractivity contribution in [2.24, 2.45) is 0 Å². The predicted molar refractivity (Wildman–Crippen MR) is 93.1 cm³/mol. The van der Waals surface area contributed by atoms with Crippen molar-refractivity contribution in [1.82, 2.24) is 5.16 Å². The minimum Gasteiger partial charge on any atom is -0.452 e. The fraction of sp³-hybridized carbons (Fsp3) is 0.158. The number of nitrogens with zero attached hydrogens (tertiary/aromatic N) is 2. The number of nitrogens with one attached hydrogen (secondary N) is 1. The fourth-order valence-corrected chi connectivity index (χ4v) is 2.42. The molecule has 0 spiro atoms. The minimum atomic E-state index is -1.02. The van der Waals surface area contributed by atoms with Crippen molar-refractivity contribution in [2.75, 3.05) is 5.32 Å². The number of aromatic nitrogens is 1. The Hall–Kier alpha value is -3.66. The molecule has 7 nitrogen and oxygen atoms in total. The number of ether oxygens (including phenoxy) is 1. The number of hydrogen-bond donors (Lipinski definition) is 1. The van der Waals surface area contributed by atoms with Crippen LogP contribution in [0.3, 0.4) is 0 Å². The number of fused-ring (bicyclic) bond motifs is 1. The van der Waals surface area contributed by atoms with Gasteiger partial charge in [0.15, 0.2) is 11.7 Å². The van der Waals surface area contributed by atoms with Crippen LogP contribution in [0, 0.1) is 11.3 Å². The second-order valence-electron chi connectivity index (χ2n) is 5.58. The van der Waals surface area contributed by atoms with Crippen LogP contribution in [0.5, 0.6) is 0 Å². The van der Waals surface area contributed by atoms with E-state index in [2.05, 4.69) is 10.5 Å². The summed E-state index contributed by atoms with van der Waals surface area (Å²) in [5, 5.41) is 16.2. The van der Waals surface area contributed by atoms with Crippen LogP contribution in [0.15, 0.2) is 53.1 Å². The van der Waals surface area contributed by atoms with Gasteiger partial charge in [-0.25, -0.2) is 0 Å². The monoisotopic (exact) mass is 349 g/mol. The Morgan fingerprint density at radius 2 is 1.96 bits per heavy atom. The molecule has 7 heteroatoms. The van der Waals surface area contributed by atoms with Gasteiger partial charge in [0.05, 0.1) is 17.7 Å². The largest absolute Gasteiger partial charge is 0.452 e. The predicted octanol–water partition coefficient (Wildman–Crippen LogP) is 2.81. The quantitative estimate of drug-likeness (QED) is 0.710. The number of anilines is 1. The number of carbonyl (C=O) groups is 2. The van der Waals surface area contributed by atoms with E-state index in [-0.39, 0.29) is 6.42 Å². The van der Waals surface area contributed by atoms with Crippen LogP contribution in [0.25, 0.3) is 11.0 Å². The van der Waals surface area contributed by atoms with E-state index in [1.807, 2.05) is 12.1 Å². The third-order valence-corrected chi connectivity index (χ3v) is 3.75. The Morgan fingerprint density at radius 3 is 2.77 bits per heavy atom. The Morgan fingerprint density at radius 1 is 1.23 bits per heavy atom. The summed E-state index contributed by atoms with van der Waals surface area (Å²) in [4.78, 5) is 24.3. The van der Waals surface area contributed by atoms with E-state index in [4.69, 9.17) is 14.5 Å². The van der Waals surface area contributed by atoms with Gasteiger partial charge in [-0.05, 0) is 31.2 Å². The zero-order valence-electron chi connectivity index (χ0n) is 13.9. The Bertz CT molecular complexity index is 1000. The molecule has 1 aromatic heterocycles. The smallest absolute Gasteiger partial charge is 0.312 e. The van der Waals surface area contributed by atoms with Crippen molar-refractivity contribution < 1.29 is 18.8 Å². The van der Waals surface area contributed by atoms with Gasteiger partial charge in [0.1, 0.15) is 11.8 Å². The van der Waals surface area contributed by atoms with Gasteiger partial charge < -0.3 is 14.6 Å². The molecule has 0 saturated heterocycles. The molecule has 0 unspecified atom stereocenters. The summed E-state index contributed by atoms with van der Waals surface area (Å²) < 4.78 is 10.3. The second kappa shape index (κ2) is 7.49. The summed E-state index contributed by atoms with van der Waals surface area (Å²) in [5.74, 6) is -1.12. The summed E-state index contributed by atoms with van der Waals surface area (Å²) in [6.07, 6.45) is -1.13. The number of benzene rings is 2. The minimum absolute atomic E-state index is 0.108. The van der Waals surface area contributed by atoms with Crippen LogP contribution in [-0.2, 0) is 20.7 Å². The number of amides is 1. The molecule has 0 fully saturated rings. The Kier molecular flexibility index (Phi) is 4.94. The number of esters is 1. The molecule has 130 valence electrons. The van der Waals surface area contributed by atoms with E-state index in [0.29, 0.717) is 22.5 Å². The van der Waals surface area contributed by atoms with Crippen LogP contribution >= 0.6 is 0 Å². The summed E-state index contributed by atoms with van der Waals surface area (Å²) in [5.41, 5.74) is 1.72. The first-order valence-corrected chi connectivity index (χ1v) is 7.91. The first-order chi connectivity index (χ1) is 12.6. The van der Waals surface area contributed by atoms with Crippen molar-refractivity contribution in [3.63, 3.8) is 0 Å². The van der Waals surface area contributed by atoms with E-state index in [1.54, 1.807) is 42.5 Å². The lowest BCUT2D eigenvalue weighted by molar-refractivity contribution is -0.152. The molecule has 0 saturated carbocycles. The lowest BCUT2D eigenvalue weighted by atomic mass is 10.2. The molecular weight excluding hydrogens is 334 g/mol. The van der Waals surface area contributed by atoms with E-state index in [0.717, 1.165) is 5.39 Å². The zero-order valence-corrected chi connectivity index (χ0v) is 13.9. The highest BCUT2D eigenvalue weighted by Gasteiger charge is 2.20. The van der Waals surface area contributed by atoms with Crippen molar-refractivity contribution in [1.29, 1.82) is 5.26 Å². The SMILES string of the molecule is C[C@H](OC(=O)Cc1noc2ccccc12)C(=O)Nc1ccccc1C#N. The average molecular weight is 349 g/mol. The highest BCUT2D eigenvalue weighted by atomic mass is 16.5. The van der Waals surface area contributed by atoms with E-state index < -0.39 is 18.0 Å². The molecule has 3 aromatic rings. The number of para-hydroxylation sites is 2. The highest BCUT2D eigenvalue weighted by molar-refractivity contribution is 5.96. The highest BCUT2D eigenvalue weighted by Crippen LogP contribution is 2.19. The van der Waals surface area contributed by atoms with Gasteiger partial charge in [-0.2, -0.15) is 5.26 Å². The Balaban J connectivity index is 1.62. The molecule has 1 heterocycles. The molecular formula is C19H15N3O4. The standard InChI is InChI=1S/C19H15N3O4/c1-12(19(24)21-15-8-4-2-6-13(15)11-20)25-18(23)10-16-14-7-3-5-9-17(14)26-22-16/h2-9,12H,10H2,1H3,(H,21,24)/t12-/m0/s1. The fourth-order valence-electron chi connectivity index (χ4n) is 2.42. The van der Waals surface area contributed by atoms with E-state index >= 15 is 0 Å². The van der Waals surface area contributed by atoms with E-state index in [1.165, 1.54) is 6.92 Å². The van der Waals surface area contributed by atoms with Gasteiger partial charge in [-0.15, -0.1) is 0 Å². The Labute approximate surface area is 149 Å². The molecule has 1 N–H and O–H groups in total. The normalized spacial score (nSPS) is 11.5. The molecule has 0 aliphatic heterocycles. The summed E-state index contributed by atoms with van der Waals surface area (Å²) in [6.45, 7) is 1.46. The van der Waals surface area contributed by atoms with Crippen LogP contribution in [0.2, 0.25) is 0 Å². The van der Waals surface area contributed by atoms with Crippen molar-refractivity contribution in [2.45, 2.75) is 19.4 Å². The van der Waals surface area contributed by atoms with Crippen LogP contribution in [-0.4, -0.2) is 23.1 Å². The number of nitriles is 1. The van der Waals surface area contributed by atoms with Crippen LogP contribution in [0.4, 0.5) is 5.69 Å². The van der Waals surface area contributed by atoms with Gasteiger partial charge in [0, 0.05) is 5.39 Å². The second-order valence-corrected chi connectivity index (χ2v) is 5.58. The van der Waals surface area contributed by atoms with Gasteiger partial charge in [0.25, 0.3) is 5.91 Å². The lowest BCUT2D eigenvalue weighted by Gasteiger charge is -2.13. The van der Waals surface area contributed by atoms with Crippen LogP contribution < -0.4 is 5.32 Å². The number of carbonyl (C=O) groups excluding carboxylic acids is 2. The lowest BCUT2D eigenvalue weighted by Crippen LogP contribution is -2.30. The van der Waals surface area contributed by atoms with Gasteiger partial charge in [-0.3, -0.25) is 9.59 Å². The third-order valence-electron chi connectivity index (χ3n) is 3.75. The maximum atomic E-state index is 12.2. The van der Waals surface area contributed by atoms with Crippen LogP contribution in [0.1, 0.15) is 18.2 Å². The van der Waals surface area contributed by atoms with Gasteiger partial charge in [-0.1, -0.05) is 29.4 Å². The summed E-state index contributed by atoms with van der Waals surface area (Å²) in [6, 6.07) is 15.7. The molecule has 1 atom stereocenters. The maximum Gasteiger partial charge on any atom is 0.312 e. The summed E-state index contributed by atoms with van der Waals surface area (Å²) in [7, 11) is 0. The summed E-state index contributed by atoms with van der Waals surface area (Å²) >= 11 is 0. The molecule has 3 rings (SSSR count). The topological polar surface area (TPSA) is 105 Å². The van der Waals surface area contributed by atoms with Gasteiger partial charge in [0.2, 0.25) is 0 Å². The molecule has 2 aromatic carbocycles. The third kappa shape index (κ3) is 3.70. The zero-order chi connectivity index (χ0) is 18.5. The average Bonchev–Trinajstić information content (AvgIpc) is 3.05. The van der Waals surface area contributed by atoms with Gasteiger partial charge >= 0.3 is 5.97 Å². The molecule has 0 aliphatic carbocycles. The van der Waals surface area contributed by atoms with Crippen molar-refractivity contribution >= 4 is 28.5 Å². The number of hydrogen-bond acceptors (Lipinski definition) is 6. The molecule has 1 amide bonds. The van der Waals surface area contributed by atoms with Crippen molar-refractivity contribution in [3.05, 3.63) is 59.8 Å². The first-order valence-electron chi connectivity index (χ1n) is 7.91. The maximum absolute atomic E-state index is 12.2. The van der Waals surface area contributed by atoms with E-state index in [9.17, 15) is 9.59 Å². The molecule has 0 bridgehead atoms. The number of rotatable bonds is 5.